The van der Waals surface area contributed by atoms with Crippen LogP contribution in [0.3, 0.4) is 0 Å². The zero-order chi connectivity index (χ0) is 9.71. The molecule has 0 bridgehead atoms. The zero-order valence-corrected chi connectivity index (χ0v) is 8.41. The topological polar surface area (TPSA) is 42.7 Å². The highest BCUT2D eigenvalue weighted by molar-refractivity contribution is 6.28. The van der Waals surface area contributed by atoms with Gasteiger partial charge in [0.05, 0.1) is 5.52 Å². The minimum Gasteiger partial charge on any atom is -0.364 e. The van der Waals surface area contributed by atoms with Crippen molar-refractivity contribution in [2.45, 2.75) is 19.5 Å². The van der Waals surface area contributed by atoms with Crippen molar-refractivity contribution in [3.63, 3.8) is 0 Å². The molecule has 0 amide bonds. The molecule has 0 saturated carbocycles. The van der Waals surface area contributed by atoms with Gasteiger partial charge in [0, 0.05) is 18.8 Å². The van der Waals surface area contributed by atoms with E-state index in [2.05, 4.69) is 26.8 Å². The highest BCUT2D eigenvalue weighted by Gasteiger charge is 2.18. The molecule has 1 N–H and O–H groups in total. The number of nitrogens with zero attached hydrogens (tertiary/aromatic N) is 3. The van der Waals surface area contributed by atoms with E-state index in [0.29, 0.717) is 11.3 Å². The highest BCUT2D eigenvalue weighted by Crippen LogP contribution is 2.27. The number of anilines is 1. The van der Waals surface area contributed by atoms with Crippen LogP contribution < -0.4 is 5.32 Å². The monoisotopic (exact) mass is 208 g/mol. The van der Waals surface area contributed by atoms with Gasteiger partial charge in [-0.1, -0.05) is 0 Å². The van der Waals surface area contributed by atoms with Gasteiger partial charge >= 0.3 is 0 Å². The third-order valence-electron chi connectivity index (χ3n) is 2.44. The average Bonchev–Trinajstić information content (AvgIpc) is 2.48. The van der Waals surface area contributed by atoms with E-state index < -0.39 is 0 Å². The molecule has 2 aromatic rings. The maximum absolute atomic E-state index is 5.81. The van der Waals surface area contributed by atoms with Gasteiger partial charge in [0.15, 0.2) is 5.82 Å². The normalized spacial score (nSPS) is 19.7. The first kappa shape index (κ1) is 8.05. The second-order valence-electron chi connectivity index (χ2n) is 3.59. The lowest BCUT2D eigenvalue weighted by atomic mass is 10.2. The van der Waals surface area contributed by atoms with E-state index in [1.165, 1.54) is 0 Å². The lowest BCUT2D eigenvalue weighted by Crippen LogP contribution is -2.26. The predicted molar refractivity (Wildman–Crippen MR) is 55.6 cm³/mol. The van der Waals surface area contributed by atoms with Crippen LogP contribution in [0.1, 0.15) is 6.92 Å². The molecular formula is C9H9ClN4. The first-order chi connectivity index (χ1) is 6.74. The molecule has 0 fully saturated rings. The molecule has 0 unspecified atom stereocenters. The molecule has 1 aliphatic rings. The number of halogens is 1. The molecule has 2 aromatic heterocycles. The van der Waals surface area contributed by atoms with E-state index in [0.717, 1.165) is 23.4 Å². The molecule has 14 heavy (non-hydrogen) atoms. The second kappa shape index (κ2) is 2.60. The SMILES string of the molecule is C[C@H]1Cn2ccc3nc(Cl)nc(c32)N1. The molecule has 5 heteroatoms. The van der Waals surface area contributed by atoms with Crippen molar-refractivity contribution in [2.75, 3.05) is 5.32 Å². The smallest absolute Gasteiger partial charge is 0.225 e. The molecule has 0 spiro atoms. The fourth-order valence-corrected chi connectivity index (χ4v) is 2.08. The standard InChI is InChI=1S/C9H9ClN4/c1-5-4-14-3-2-6-7(14)8(11-5)13-9(10)12-6/h2-3,5H,4H2,1H3,(H,11,12,13)/t5-/m0/s1. The summed E-state index contributed by atoms with van der Waals surface area (Å²) in [7, 11) is 0. The van der Waals surface area contributed by atoms with Crippen LogP contribution in [0.5, 0.6) is 0 Å². The summed E-state index contributed by atoms with van der Waals surface area (Å²) in [5, 5.41) is 3.59. The molecule has 4 nitrogen and oxygen atoms in total. The molecule has 0 aliphatic carbocycles. The Morgan fingerprint density at radius 2 is 2.43 bits per heavy atom. The molecule has 1 aliphatic heterocycles. The molecule has 72 valence electrons. The van der Waals surface area contributed by atoms with Gasteiger partial charge in [-0.3, -0.25) is 0 Å². The summed E-state index contributed by atoms with van der Waals surface area (Å²) in [4.78, 5) is 8.33. The fourth-order valence-electron chi connectivity index (χ4n) is 1.91. The number of hydrogen-bond donors (Lipinski definition) is 1. The molecule has 0 saturated heterocycles. The summed E-state index contributed by atoms with van der Waals surface area (Å²) in [5.74, 6) is 0.837. The van der Waals surface area contributed by atoms with Crippen LogP contribution in [0.15, 0.2) is 12.3 Å². The van der Waals surface area contributed by atoms with Gasteiger partial charge in [0.25, 0.3) is 0 Å². The Balaban J connectivity index is 2.38. The van der Waals surface area contributed by atoms with Crippen LogP contribution in [-0.2, 0) is 6.54 Å². The van der Waals surface area contributed by atoms with Crippen molar-refractivity contribution in [2.24, 2.45) is 0 Å². The third kappa shape index (κ3) is 1.00. The predicted octanol–water partition coefficient (Wildman–Crippen LogP) is 1.90. The minimum atomic E-state index is 0.298. The largest absolute Gasteiger partial charge is 0.364 e. The number of aromatic nitrogens is 3. The van der Waals surface area contributed by atoms with Crippen LogP contribution in [-0.4, -0.2) is 20.6 Å². The second-order valence-corrected chi connectivity index (χ2v) is 3.93. The maximum atomic E-state index is 5.81. The number of rotatable bonds is 0. The Kier molecular flexibility index (Phi) is 1.50. The van der Waals surface area contributed by atoms with Crippen molar-refractivity contribution in [3.8, 4) is 0 Å². The summed E-state index contributed by atoms with van der Waals surface area (Å²) in [6.45, 7) is 3.06. The van der Waals surface area contributed by atoms with Crippen molar-refractivity contribution in [3.05, 3.63) is 17.5 Å². The Morgan fingerprint density at radius 3 is 3.29 bits per heavy atom. The Labute approximate surface area is 85.9 Å². The van der Waals surface area contributed by atoms with Crippen molar-refractivity contribution in [1.82, 2.24) is 14.5 Å². The zero-order valence-electron chi connectivity index (χ0n) is 7.66. The first-order valence-corrected chi connectivity index (χ1v) is 4.91. The molecule has 0 radical (unpaired) electrons. The summed E-state index contributed by atoms with van der Waals surface area (Å²) in [6.07, 6.45) is 2.02. The Hall–Kier alpha value is -1.29. The van der Waals surface area contributed by atoms with Gasteiger partial charge in [-0.2, -0.15) is 4.98 Å². The van der Waals surface area contributed by atoms with E-state index in [-0.39, 0.29) is 0 Å². The average molecular weight is 209 g/mol. The summed E-state index contributed by atoms with van der Waals surface area (Å²) < 4.78 is 2.15. The van der Waals surface area contributed by atoms with Gasteiger partial charge in [0.2, 0.25) is 5.28 Å². The lowest BCUT2D eigenvalue weighted by molar-refractivity contribution is 0.618. The van der Waals surface area contributed by atoms with Gasteiger partial charge in [0.1, 0.15) is 5.52 Å². The molecule has 1 atom stereocenters. The summed E-state index contributed by atoms with van der Waals surface area (Å²) in [6, 6.07) is 2.34. The van der Waals surface area contributed by atoms with Crippen LogP contribution in [0.25, 0.3) is 11.0 Å². The molecule has 3 rings (SSSR count). The summed E-state index contributed by atoms with van der Waals surface area (Å²) >= 11 is 5.81. The molecule has 0 aromatic carbocycles. The van der Waals surface area contributed by atoms with Gasteiger partial charge < -0.3 is 9.88 Å². The van der Waals surface area contributed by atoms with Crippen LogP contribution in [0, 0.1) is 0 Å². The third-order valence-corrected chi connectivity index (χ3v) is 2.61. The first-order valence-electron chi connectivity index (χ1n) is 4.53. The maximum Gasteiger partial charge on any atom is 0.225 e. The lowest BCUT2D eigenvalue weighted by Gasteiger charge is -2.22. The van der Waals surface area contributed by atoms with E-state index in [4.69, 9.17) is 11.6 Å². The van der Waals surface area contributed by atoms with Gasteiger partial charge in [-0.15, -0.1) is 0 Å². The van der Waals surface area contributed by atoms with Crippen molar-refractivity contribution < 1.29 is 0 Å². The van der Waals surface area contributed by atoms with E-state index in [1.807, 2.05) is 12.3 Å². The van der Waals surface area contributed by atoms with E-state index in [1.54, 1.807) is 0 Å². The number of hydrogen-bond acceptors (Lipinski definition) is 3. The van der Waals surface area contributed by atoms with Gasteiger partial charge in [-0.25, -0.2) is 4.98 Å². The van der Waals surface area contributed by atoms with Gasteiger partial charge in [-0.05, 0) is 24.6 Å². The van der Waals surface area contributed by atoms with E-state index in [9.17, 15) is 0 Å². The summed E-state index contributed by atoms with van der Waals surface area (Å²) in [5.41, 5.74) is 1.95. The molecule has 3 heterocycles. The quantitative estimate of drug-likeness (QED) is 0.673. The highest BCUT2D eigenvalue weighted by atomic mass is 35.5. The van der Waals surface area contributed by atoms with E-state index >= 15 is 0 Å². The van der Waals surface area contributed by atoms with Crippen LogP contribution >= 0.6 is 11.6 Å². The van der Waals surface area contributed by atoms with Crippen LogP contribution in [0.4, 0.5) is 5.82 Å². The van der Waals surface area contributed by atoms with Crippen molar-refractivity contribution >= 4 is 28.5 Å². The van der Waals surface area contributed by atoms with Crippen LogP contribution in [0.2, 0.25) is 5.28 Å². The Morgan fingerprint density at radius 1 is 1.57 bits per heavy atom. The molecular weight excluding hydrogens is 200 g/mol. The minimum absolute atomic E-state index is 0.298. The fraction of sp³-hybridized carbons (Fsp3) is 0.333. The van der Waals surface area contributed by atoms with Crippen molar-refractivity contribution in [1.29, 1.82) is 0 Å². The number of nitrogens with one attached hydrogen (secondary N) is 1. The Bertz CT molecular complexity index is 505.